The van der Waals surface area contributed by atoms with Gasteiger partial charge in [-0.05, 0) is 66.6 Å². The van der Waals surface area contributed by atoms with Gasteiger partial charge in [0.25, 0.3) is 0 Å². The number of carbonyl (C=O) groups is 1. The summed E-state index contributed by atoms with van der Waals surface area (Å²) in [6, 6.07) is 24.3. The Hall–Kier alpha value is -3.09. The Bertz CT molecular complexity index is 1250. The van der Waals surface area contributed by atoms with Crippen molar-refractivity contribution in [3.63, 3.8) is 0 Å². The highest BCUT2D eigenvalue weighted by Crippen LogP contribution is 2.50. The number of likely N-dealkylation sites (tertiary alicyclic amines) is 2. The van der Waals surface area contributed by atoms with Crippen LogP contribution in [0.15, 0.2) is 78.9 Å². The molecule has 6 rings (SSSR count). The molecule has 3 saturated heterocycles. The van der Waals surface area contributed by atoms with Crippen molar-refractivity contribution in [1.29, 1.82) is 0 Å². The van der Waals surface area contributed by atoms with E-state index in [-0.39, 0.29) is 29.0 Å². The molecule has 3 aliphatic heterocycles. The normalized spacial score (nSPS) is 23.4. The molecule has 3 aromatic carbocycles. The number of rotatable bonds is 5. The molecule has 0 saturated carbocycles. The molecule has 1 spiro atoms. The molecule has 3 fully saturated rings. The van der Waals surface area contributed by atoms with Crippen molar-refractivity contribution in [2.24, 2.45) is 5.41 Å². The third-order valence-corrected chi connectivity index (χ3v) is 9.43. The lowest BCUT2D eigenvalue weighted by molar-refractivity contribution is -0.132. The van der Waals surface area contributed by atoms with Crippen molar-refractivity contribution in [1.82, 2.24) is 15.1 Å². The standard InChI is InChI=1S/C32H35F2N3O/c33-27-10-6-25(7-11-27)29-22-35-30(38)31(29)14-20-37(21-15-31)32(26-8-12-28(34)13-9-26)16-18-36(19-17-32)23-24-4-2-1-3-5-24/h1-13,29H,14-23H2,(H,35,38). The molecule has 0 radical (unpaired) electrons. The van der Waals surface area contributed by atoms with Gasteiger partial charge in [-0.15, -0.1) is 0 Å². The van der Waals surface area contributed by atoms with Crippen LogP contribution < -0.4 is 5.32 Å². The molecule has 6 heteroatoms. The molecule has 198 valence electrons. The van der Waals surface area contributed by atoms with Crippen LogP contribution >= 0.6 is 0 Å². The van der Waals surface area contributed by atoms with Crippen molar-refractivity contribution in [2.45, 2.75) is 43.7 Å². The van der Waals surface area contributed by atoms with E-state index < -0.39 is 5.41 Å². The van der Waals surface area contributed by atoms with Gasteiger partial charge >= 0.3 is 0 Å². The molecule has 0 bridgehead atoms. The zero-order chi connectivity index (χ0) is 26.2. The molecule has 1 amide bonds. The van der Waals surface area contributed by atoms with Crippen LogP contribution in [0.3, 0.4) is 0 Å². The van der Waals surface area contributed by atoms with Gasteiger partial charge in [-0.25, -0.2) is 8.78 Å². The zero-order valence-electron chi connectivity index (χ0n) is 21.7. The summed E-state index contributed by atoms with van der Waals surface area (Å²) in [4.78, 5) is 18.3. The van der Waals surface area contributed by atoms with Gasteiger partial charge in [0, 0.05) is 50.7 Å². The highest BCUT2D eigenvalue weighted by molar-refractivity contribution is 5.86. The number of nitrogens with one attached hydrogen (secondary N) is 1. The van der Waals surface area contributed by atoms with E-state index in [1.807, 2.05) is 30.3 Å². The van der Waals surface area contributed by atoms with E-state index in [2.05, 4.69) is 39.4 Å². The van der Waals surface area contributed by atoms with Gasteiger partial charge in [-0.2, -0.15) is 0 Å². The summed E-state index contributed by atoms with van der Waals surface area (Å²) in [5, 5.41) is 3.11. The number of nitrogens with zero attached hydrogens (tertiary/aromatic N) is 2. The second-order valence-corrected chi connectivity index (χ2v) is 11.3. The molecular formula is C32H35F2N3O. The SMILES string of the molecule is O=C1NCC(c2ccc(F)cc2)C12CCN(C1(c3ccc(F)cc3)CCN(Cc3ccccc3)CC1)CC2. The van der Waals surface area contributed by atoms with Crippen molar-refractivity contribution in [3.05, 3.63) is 107 Å². The molecule has 38 heavy (non-hydrogen) atoms. The van der Waals surface area contributed by atoms with Gasteiger partial charge in [0.1, 0.15) is 11.6 Å². The van der Waals surface area contributed by atoms with Crippen LogP contribution in [0.5, 0.6) is 0 Å². The summed E-state index contributed by atoms with van der Waals surface area (Å²) >= 11 is 0. The molecule has 3 aromatic rings. The van der Waals surface area contributed by atoms with E-state index in [9.17, 15) is 13.6 Å². The van der Waals surface area contributed by atoms with Crippen LogP contribution in [0.4, 0.5) is 8.78 Å². The number of benzene rings is 3. The van der Waals surface area contributed by atoms with Crippen LogP contribution in [0.1, 0.15) is 48.3 Å². The predicted octanol–water partition coefficient (Wildman–Crippen LogP) is 5.45. The Kier molecular flexibility index (Phi) is 6.79. The van der Waals surface area contributed by atoms with E-state index in [0.717, 1.165) is 64.0 Å². The lowest BCUT2D eigenvalue weighted by atomic mass is 9.66. The minimum atomic E-state index is -0.466. The maximum Gasteiger partial charge on any atom is 0.227 e. The van der Waals surface area contributed by atoms with Crippen molar-refractivity contribution >= 4 is 5.91 Å². The first kappa shape index (κ1) is 25.2. The fourth-order valence-electron chi connectivity index (χ4n) is 7.24. The van der Waals surface area contributed by atoms with Gasteiger partial charge in [0.05, 0.1) is 5.41 Å². The molecule has 1 atom stereocenters. The Morgan fingerprint density at radius 3 is 2.00 bits per heavy atom. The fraction of sp³-hybridized carbons (Fsp3) is 0.406. The maximum atomic E-state index is 13.9. The first-order chi connectivity index (χ1) is 18.5. The zero-order valence-corrected chi connectivity index (χ0v) is 21.7. The highest BCUT2D eigenvalue weighted by atomic mass is 19.1. The molecule has 4 nitrogen and oxygen atoms in total. The second kappa shape index (κ2) is 10.2. The minimum Gasteiger partial charge on any atom is -0.355 e. The van der Waals surface area contributed by atoms with E-state index in [4.69, 9.17) is 0 Å². The number of amides is 1. The van der Waals surface area contributed by atoms with Crippen LogP contribution in [0.2, 0.25) is 0 Å². The van der Waals surface area contributed by atoms with Gasteiger partial charge < -0.3 is 5.32 Å². The van der Waals surface area contributed by atoms with Gasteiger partial charge in [-0.1, -0.05) is 54.6 Å². The van der Waals surface area contributed by atoms with Gasteiger partial charge in [0.15, 0.2) is 0 Å². The smallest absolute Gasteiger partial charge is 0.227 e. The number of piperidine rings is 2. The summed E-state index contributed by atoms with van der Waals surface area (Å²) in [7, 11) is 0. The van der Waals surface area contributed by atoms with Crippen LogP contribution in [0, 0.1) is 17.0 Å². The quantitative estimate of drug-likeness (QED) is 0.491. The largest absolute Gasteiger partial charge is 0.355 e. The first-order valence-corrected chi connectivity index (χ1v) is 13.8. The molecular weight excluding hydrogens is 480 g/mol. The second-order valence-electron chi connectivity index (χ2n) is 11.3. The average molecular weight is 516 g/mol. The monoisotopic (exact) mass is 515 g/mol. The average Bonchev–Trinajstić information content (AvgIpc) is 3.26. The number of hydrogen-bond acceptors (Lipinski definition) is 3. The minimum absolute atomic E-state index is 0.0484. The van der Waals surface area contributed by atoms with Crippen molar-refractivity contribution in [2.75, 3.05) is 32.7 Å². The predicted molar refractivity (Wildman–Crippen MR) is 144 cm³/mol. The Morgan fingerprint density at radius 2 is 1.37 bits per heavy atom. The Labute approximate surface area is 223 Å². The maximum absolute atomic E-state index is 13.9. The van der Waals surface area contributed by atoms with E-state index in [1.54, 1.807) is 12.1 Å². The third kappa shape index (κ3) is 4.54. The fourth-order valence-corrected chi connectivity index (χ4v) is 7.24. The Morgan fingerprint density at radius 1 is 0.763 bits per heavy atom. The summed E-state index contributed by atoms with van der Waals surface area (Å²) < 4.78 is 27.5. The lowest BCUT2D eigenvalue weighted by Gasteiger charge is -2.53. The number of hydrogen-bond donors (Lipinski definition) is 1. The highest BCUT2D eigenvalue weighted by Gasteiger charge is 2.54. The topological polar surface area (TPSA) is 35.6 Å². The van der Waals surface area contributed by atoms with E-state index >= 15 is 0 Å². The lowest BCUT2D eigenvalue weighted by Crippen LogP contribution is -2.57. The third-order valence-electron chi connectivity index (χ3n) is 9.43. The van der Waals surface area contributed by atoms with Gasteiger partial charge in [-0.3, -0.25) is 14.6 Å². The summed E-state index contributed by atoms with van der Waals surface area (Å²) in [5.41, 5.74) is 2.87. The number of carbonyl (C=O) groups excluding carboxylic acids is 1. The molecule has 3 heterocycles. The van der Waals surface area contributed by atoms with Crippen LogP contribution in [-0.2, 0) is 16.9 Å². The summed E-state index contributed by atoms with van der Waals surface area (Å²) in [6.07, 6.45) is 3.45. The molecule has 3 aliphatic rings. The molecule has 1 unspecified atom stereocenters. The van der Waals surface area contributed by atoms with E-state index in [0.29, 0.717) is 6.54 Å². The molecule has 0 aliphatic carbocycles. The summed E-state index contributed by atoms with van der Waals surface area (Å²) in [6.45, 7) is 5.08. The first-order valence-electron chi connectivity index (χ1n) is 13.8. The van der Waals surface area contributed by atoms with Crippen molar-refractivity contribution < 1.29 is 13.6 Å². The van der Waals surface area contributed by atoms with Crippen LogP contribution in [-0.4, -0.2) is 48.4 Å². The van der Waals surface area contributed by atoms with Crippen LogP contribution in [0.25, 0.3) is 0 Å². The van der Waals surface area contributed by atoms with E-state index in [1.165, 1.54) is 23.3 Å². The molecule has 0 aromatic heterocycles. The van der Waals surface area contributed by atoms with Crippen molar-refractivity contribution in [3.8, 4) is 0 Å². The number of halogens is 2. The van der Waals surface area contributed by atoms with Gasteiger partial charge in [0.2, 0.25) is 5.91 Å². The summed E-state index contributed by atoms with van der Waals surface area (Å²) in [5.74, 6) is -0.297. The Balaban J connectivity index is 1.23. The molecule has 1 N–H and O–H groups in total.